The summed E-state index contributed by atoms with van der Waals surface area (Å²) in [4.78, 5) is 18.9. The lowest BCUT2D eigenvalue weighted by Crippen LogP contribution is -2.50. The van der Waals surface area contributed by atoms with Crippen LogP contribution in [0.25, 0.3) is 5.70 Å². The molecule has 0 fully saturated rings. The van der Waals surface area contributed by atoms with Gasteiger partial charge in [0.1, 0.15) is 5.70 Å². The van der Waals surface area contributed by atoms with E-state index in [0.717, 1.165) is 21.0 Å². The standard InChI is InChI=1S/C21H15ClN4OS2/c22-14-9-7-13(8-10-14)12-29-21-24-20(27)18-15-4-1-2-5-16(15)23-19(26(18)25-21)17-6-3-11-28-17/h1-11,19H,12H2,(H,24,25,27)/t19-/m1/s1. The van der Waals surface area contributed by atoms with E-state index in [9.17, 15) is 4.79 Å². The maximum atomic E-state index is 13.0. The van der Waals surface area contributed by atoms with Gasteiger partial charge in [-0.15, -0.1) is 16.4 Å². The van der Waals surface area contributed by atoms with Crippen molar-refractivity contribution in [1.82, 2.24) is 10.3 Å². The van der Waals surface area contributed by atoms with Gasteiger partial charge in [0.25, 0.3) is 5.91 Å². The molecule has 3 heterocycles. The highest BCUT2D eigenvalue weighted by molar-refractivity contribution is 8.13. The van der Waals surface area contributed by atoms with Crippen molar-refractivity contribution < 1.29 is 4.79 Å². The minimum Gasteiger partial charge on any atom is -0.298 e. The van der Waals surface area contributed by atoms with Gasteiger partial charge in [-0.1, -0.05) is 59.8 Å². The van der Waals surface area contributed by atoms with Crippen LogP contribution in [0.4, 0.5) is 0 Å². The first-order valence-corrected chi connectivity index (χ1v) is 11.2. The van der Waals surface area contributed by atoms with Crippen molar-refractivity contribution in [2.45, 2.75) is 11.9 Å². The molecule has 3 aromatic rings. The number of benzene rings is 2. The minimum atomic E-state index is -0.350. The zero-order chi connectivity index (χ0) is 19.8. The van der Waals surface area contributed by atoms with Crippen molar-refractivity contribution in [1.29, 1.82) is 0 Å². The van der Waals surface area contributed by atoms with Gasteiger partial charge >= 0.3 is 0 Å². The molecule has 5 nitrogen and oxygen atoms in total. The molecule has 0 spiro atoms. The van der Waals surface area contributed by atoms with Gasteiger partial charge in [0, 0.05) is 16.0 Å². The normalized spacial score (nSPS) is 17.8. The average molecular weight is 439 g/mol. The maximum absolute atomic E-state index is 13.0. The molecule has 2 aromatic carbocycles. The lowest BCUT2D eigenvalue weighted by atomic mass is 10.1. The number of carbonyl (C=O) groups is 1. The van der Waals surface area contributed by atoms with E-state index < -0.39 is 0 Å². The van der Waals surface area contributed by atoms with E-state index in [4.69, 9.17) is 21.7 Å². The first kappa shape index (κ1) is 18.4. The summed E-state index contributed by atoms with van der Waals surface area (Å²) in [6, 6.07) is 19.4. The molecular weight excluding hydrogens is 424 g/mol. The summed E-state index contributed by atoms with van der Waals surface area (Å²) in [5, 5.41) is 14.3. The van der Waals surface area contributed by atoms with Crippen LogP contribution >= 0.6 is 34.7 Å². The molecule has 144 valence electrons. The average Bonchev–Trinajstić information content (AvgIpc) is 3.27. The number of para-hydroxylation sites is 1. The molecule has 2 aliphatic heterocycles. The predicted octanol–water partition coefficient (Wildman–Crippen LogP) is 3.48. The second-order valence-electron chi connectivity index (χ2n) is 6.50. The van der Waals surface area contributed by atoms with Crippen LogP contribution < -0.4 is 15.9 Å². The molecule has 5 rings (SSSR count). The van der Waals surface area contributed by atoms with Gasteiger partial charge < -0.3 is 0 Å². The molecular formula is C21H15ClN4OS2. The summed E-state index contributed by atoms with van der Waals surface area (Å²) >= 11 is 9.04. The summed E-state index contributed by atoms with van der Waals surface area (Å²) in [5.41, 5.74) is 1.64. The van der Waals surface area contributed by atoms with Crippen LogP contribution in [0.3, 0.4) is 0 Å². The number of amidine groups is 1. The second kappa shape index (κ2) is 7.67. The lowest BCUT2D eigenvalue weighted by Gasteiger charge is -2.33. The summed E-state index contributed by atoms with van der Waals surface area (Å²) in [7, 11) is 0. The monoisotopic (exact) mass is 438 g/mol. The highest BCUT2D eigenvalue weighted by atomic mass is 35.5. The Hall–Kier alpha value is -2.61. The summed E-state index contributed by atoms with van der Waals surface area (Å²) in [5.74, 6) is 0.513. The number of nitrogens with one attached hydrogen (secondary N) is 1. The Morgan fingerprint density at radius 3 is 2.72 bits per heavy atom. The SMILES string of the molecule is O=C1NC(SCc2ccc(Cl)cc2)=NN2C1=c1ccccc1=N[C@H]2c1cccs1. The lowest BCUT2D eigenvalue weighted by molar-refractivity contribution is -0.116. The van der Waals surface area contributed by atoms with Gasteiger partial charge in [0.15, 0.2) is 11.3 Å². The fraction of sp³-hybridized carbons (Fsp3) is 0.0952. The molecule has 2 aliphatic rings. The van der Waals surface area contributed by atoms with E-state index in [1.54, 1.807) is 16.3 Å². The fourth-order valence-electron chi connectivity index (χ4n) is 3.25. The Balaban J connectivity index is 1.53. The maximum Gasteiger partial charge on any atom is 0.276 e. The quantitative estimate of drug-likeness (QED) is 0.681. The van der Waals surface area contributed by atoms with Gasteiger partial charge in [-0.25, -0.2) is 5.01 Å². The molecule has 29 heavy (non-hydrogen) atoms. The summed E-state index contributed by atoms with van der Waals surface area (Å²) in [6.45, 7) is 0. The molecule has 0 radical (unpaired) electrons. The van der Waals surface area contributed by atoms with Crippen LogP contribution in [0.15, 0.2) is 76.1 Å². The predicted molar refractivity (Wildman–Crippen MR) is 118 cm³/mol. The van der Waals surface area contributed by atoms with Crippen molar-refractivity contribution in [3.63, 3.8) is 0 Å². The van der Waals surface area contributed by atoms with E-state index >= 15 is 0 Å². The van der Waals surface area contributed by atoms with Crippen molar-refractivity contribution in [3.05, 3.63) is 92.1 Å². The molecule has 0 bridgehead atoms. The molecule has 0 aliphatic carbocycles. The van der Waals surface area contributed by atoms with E-state index in [0.29, 0.717) is 21.6 Å². The summed E-state index contributed by atoms with van der Waals surface area (Å²) in [6.07, 6.45) is -0.350. The van der Waals surface area contributed by atoms with Gasteiger partial charge in [0.2, 0.25) is 0 Å². The number of fused-ring (bicyclic) bond motifs is 2. The third-order valence-corrected chi connectivity index (χ3v) is 6.70. The number of hydrogen-bond acceptors (Lipinski definition) is 6. The van der Waals surface area contributed by atoms with E-state index in [-0.39, 0.29) is 12.1 Å². The fourth-order valence-corrected chi connectivity index (χ4v) is 4.93. The molecule has 8 heteroatoms. The van der Waals surface area contributed by atoms with Gasteiger partial charge in [0.05, 0.1) is 10.2 Å². The number of rotatable bonds is 3. The number of hydrogen-bond donors (Lipinski definition) is 1. The number of nitrogens with zero attached hydrogens (tertiary/aromatic N) is 3. The van der Waals surface area contributed by atoms with E-state index in [1.165, 1.54) is 11.8 Å². The van der Waals surface area contributed by atoms with Crippen LogP contribution in [-0.4, -0.2) is 16.1 Å². The molecule has 1 amide bonds. The Morgan fingerprint density at radius 1 is 1.10 bits per heavy atom. The zero-order valence-electron chi connectivity index (χ0n) is 15.1. The van der Waals surface area contributed by atoms with Crippen molar-refractivity contribution in [2.24, 2.45) is 10.1 Å². The Morgan fingerprint density at radius 2 is 1.93 bits per heavy atom. The van der Waals surface area contributed by atoms with Crippen LogP contribution in [-0.2, 0) is 10.5 Å². The van der Waals surface area contributed by atoms with Gasteiger partial charge in [-0.05, 0) is 35.2 Å². The van der Waals surface area contributed by atoms with Crippen LogP contribution in [0.1, 0.15) is 16.6 Å². The van der Waals surface area contributed by atoms with Crippen molar-refractivity contribution in [3.8, 4) is 0 Å². The number of halogens is 1. The van der Waals surface area contributed by atoms with Gasteiger partial charge in [-0.3, -0.25) is 15.1 Å². The topological polar surface area (TPSA) is 57.1 Å². The largest absolute Gasteiger partial charge is 0.298 e. The highest BCUT2D eigenvalue weighted by Crippen LogP contribution is 2.33. The van der Waals surface area contributed by atoms with E-state index in [1.807, 2.05) is 66.0 Å². The first-order chi connectivity index (χ1) is 14.2. The molecule has 0 unspecified atom stereocenters. The van der Waals surface area contributed by atoms with Crippen LogP contribution in [0.5, 0.6) is 0 Å². The highest BCUT2D eigenvalue weighted by Gasteiger charge is 2.34. The zero-order valence-corrected chi connectivity index (χ0v) is 17.5. The molecule has 0 saturated carbocycles. The third kappa shape index (κ3) is 3.57. The molecule has 0 saturated heterocycles. The van der Waals surface area contributed by atoms with Gasteiger partial charge in [-0.2, -0.15) is 0 Å². The number of carbonyl (C=O) groups excluding carboxylic acids is 1. The smallest absolute Gasteiger partial charge is 0.276 e. The van der Waals surface area contributed by atoms with Crippen molar-refractivity contribution in [2.75, 3.05) is 0 Å². The van der Waals surface area contributed by atoms with Crippen LogP contribution in [0.2, 0.25) is 5.02 Å². The Bertz CT molecular complexity index is 1220. The second-order valence-corrected chi connectivity index (χ2v) is 8.88. The first-order valence-electron chi connectivity index (χ1n) is 8.96. The van der Waals surface area contributed by atoms with Crippen LogP contribution in [0, 0.1) is 0 Å². The Kier molecular flexibility index (Phi) is 4.87. The number of thiophene rings is 1. The Labute approximate surface area is 180 Å². The molecule has 1 atom stereocenters. The number of thioether (sulfide) groups is 1. The summed E-state index contributed by atoms with van der Waals surface area (Å²) < 4.78 is 0. The van der Waals surface area contributed by atoms with E-state index in [2.05, 4.69) is 5.32 Å². The number of amides is 1. The minimum absolute atomic E-state index is 0.164. The third-order valence-electron chi connectivity index (χ3n) is 4.60. The van der Waals surface area contributed by atoms with Crippen molar-refractivity contribution >= 4 is 51.5 Å². The molecule has 1 aromatic heterocycles. The molecule has 1 N–H and O–H groups in total. The number of hydrazone groups is 1.